The van der Waals surface area contributed by atoms with E-state index in [1.54, 1.807) is 0 Å². The van der Waals surface area contributed by atoms with Gasteiger partial charge >= 0.3 is 0 Å². The number of rotatable bonds is 4. The molecule has 1 aliphatic rings. The quantitative estimate of drug-likeness (QED) is 0.680. The average Bonchev–Trinajstić information content (AvgIpc) is 3.11. The summed E-state index contributed by atoms with van der Waals surface area (Å²) in [4.78, 5) is 0. The van der Waals surface area contributed by atoms with E-state index in [2.05, 4.69) is 38.6 Å². The van der Waals surface area contributed by atoms with Crippen LogP contribution >= 0.6 is 0 Å². The predicted molar refractivity (Wildman–Crippen MR) is 66.0 cm³/mol. The molecule has 1 radical (unpaired) electrons. The number of benzene rings is 1. The summed E-state index contributed by atoms with van der Waals surface area (Å²) in [5.74, 6) is 2.14. The Labute approximate surface area is 93.0 Å². The van der Waals surface area contributed by atoms with Crippen LogP contribution in [0, 0.1) is 5.92 Å². The van der Waals surface area contributed by atoms with E-state index in [9.17, 15) is 0 Å². The highest BCUT2D eigenvalue weighted by Crippen LogP contribution is 2.41. The summed E-state index contributed by atoms with van der Waals surface area (Å²) in [7, 11) is 0. The third-order valence-electron chi connectivity index (χ3n) is 3.29. The molecule has 0 heterocycles. The molecule has 0 atom stereocenters. The summed E-state index contributed by atoms with van der Waals surface area (Å²) in [6, 6.07) is 6.96. The van der Waals surface area contributed by atoms with Gasteiger partial charge in [-0.2, -0.15) is 0 Å². The van der Waals surface area contributed by atoms with Crippen LogP contribution in [-0.2, 0) is 6.42 Å². The van der Waals surface area contributed by atoms with Crippen molar-refractivity contribution >= 4 is 0 Å². The van der Waals surface area contributed by atoms with Crippen LogP contribution in [0.4, 0.5) is 0 Å². The Bertz CT molecular complexity index is 358. The maximum Gasteiger partial charge on any atom is 0.0233 e. The molecule has 1 fully saturated rings. The smallest absolute Gasteiger partial charge is 0.0233 e. The van der Waals surface area contributed by atoms with Crippen molar-refractivity contribution in [2.75, 3.05) is 0 Å². The van der Waals surface area contributed by atoms with Crippen molar-refractivity contribution < 1.29 is 0 Å². The van der Waals surface area contributed by atoms with Gasteiger partial charge in [-0.3, -0.25) is 0 Å². The number of allylic oxidation sites excluding steroid dienone is 1. The molecule has 0 heteroatoms. The van der Waals surface area contributed by atoms with E-state index < -0.39 is 0 Å². The lowest BCUT2D eigenvalue weighted by Crippen LogP contribution is -1.98. The lowest BCUT2D eigenvalue weighted by Gasteiger charge is -2.13. The van der Waals surface area contributed by atoms with Crippen molar-refractivity contribution in [1.29, 1.82) is 0 Å². The Balaban J connectivity index is 2.37. The minimum Gasteiger partial charge on any atom is -0.102 e. The molecule has 79 valence electrons. The van der Waals surface area contributed by atoms with Gasteiger partial charge in [0.25, 0.3) is 0 Å². The van der Waals surface area contributed by atoms with Crippen LogP contribution in [0.25, 0.3) is 0 Å². The van der Waals surface area contributed by atoms with Crippen molar-refractivity contribution in [2.45, 2.75) is 39.0 Å². The summed E-state index contributed by atoms with van der Waals surface area (Å²) < 4.78 is 0. The second kappa shape index (κ2) is 4.22. The molecule has 0 amide bonds. The molecule has 15 heavy (non-hydrogen) atoms. The van der Waals surface area contributed by atoms with Gasteiger partial charge in [-0.15, -0.1) is 6.58 Å². The highest BCUT2D eigenvalue weighted by atomic mass is 14.3. The first kappa shape index (κ1) is 10.5. The molecule has 1 aliphatic carbocycles. The van der Waals surface area contributed by atoms with Crippen LogP contribution in [-0.4, -0.2) is 0 Å². The normalized spacial score (nSPS) is 15.7. The molecule has 0 aromatic heterocycles. The highest BCUT2D eigenvalue weighted by molar-refractivity contribution is 5.45. The molecule has 0 saturated heterocycles. The fraction of sp³-hybridized carbons (Fsp3) is 0.400. The zero-order chi connectivity index (χ0) is 10.8. The zero-order valence-electron chi connectivity index (χ0n) is 9.72. The van der Waals surface area contributed by atoms with Gasteiger partial charge in [0.05, 0.1) is 0 Å². The van der Waals surface area contributed by atoms with E-state index in [0.29, 0.717) is 0 Å². The third-order valence-corrected chi connectivity index (χ3v) is 3.29. The van der Waals surface area contributed by atoms with Gasteiger partial charge < -0.3 is 0 Å². The van der Waals surface area contributed by atoms with E-state index in [0.717, 1.165) is 12.3 Å². The van der Waals surface area contributed by atoms with Gasteiger partial charge in [-0.25, -0.2) is 0 Å². The SMILES string of the molecule is C=C[C](C)c1cc(C2CC2)ccc1CC. The first-order chi connectivity index (χ1) is 7.26. The van der Waals surface area contributed by atoms with Gasteiger partial charge in [0.1, 0.15) is 0 Å². The van der Waals surface area contributed by atoms with Crippen molar-refractivity contribution in [3.05, 3.63) is 53.5 Å². The second-order valence-corrected chi connectivity index (χ2v) is 4.43. The molecular formula is C15H19. The van der Waals surface area contributed by atoms with Crippen LogP contribution < -0.4 is 0 Å². The molecule has 0 N–H and O–H groups in total. The third kappa shape index (κ3) is 2.14. The molecule has 0 nitrogen and oxygen atoms in total. The molecule has 0 bridgehead atoms. The lowest BCUT2D eigenvalue weighted by atomic mass is 9.91. The largest absolute Gasteiger partial charge is 0.102 e. The van der Waals surface area contributed by atoms with Crippen LogP contribution in [0.3, 0.4) is 0 Å². The monoisotopic (exact) mass is 199 g/mol. The topological polar surface area (TPSA) is 0 Å². The van der Waals surface area contributed by atoms with E-state index in [1.165, 1.54) is 35.4 Å². The predicted octanol–water partition coefficient (Wildman–Crippen LogP) is 4.25. The molecule has 1 aromatic rings. The Morgan fingerprint density at radius 3 is 2.73 bits per heavy atom. The molecule has 1 aromatic carbocycles. The summed E-state index contributed by atoms with van der Waals surface area (Å²) in [6.07, 6.45) is 5.81. The summed E-state index contributed by atoms with van der Waals surface area (Å²) in [6.45, 7) is 8.23. The Morgan fingerprint density at radius 2 is 2.20 bits per heavy atom. The van der Waals surface area contributed by atoms with Crippen LogP contribution in [0.2, 0.25) is 0 Å². The van der Waals surface area contributed by atoms with E-state index in [-0.39, 0.29) is 0 Å². The minimum absolute atomic E-state index is 0.840. The van der Waals surface area contributed by atoms with Crippen molar-refractivity contribution in [3.63, 3.8) is 0 Å². The maximum absolute atomic E-state index is 3.87. The van der Waals surface area contributed by atoms with Crippen LogP contribution in [0.15, 0.2) is 30.9 Å². The van der Waals surface area contributed by atoms with E-state index in [1.807, 2.05) is 6.08 Å². The van der Waals surface area contributed by atoms with Gasteiger partial charge in [-0.1, -0.05) is 38.1 Å². The summed E-state index contributed by atoms with van der Waals surface area (Å²) >= 11 is 0. The fourth-order valence-electron chi connectivity index (χ4n) is 2.05. The molecule has 0 spiro atoms. The Kier molecular flexibility index (Phi) is 2.95. The van der Waals surface area contributed by atoms with E-state index >= 15 is 0 Å². The fourth-order valence-corrected chi connectivity index (χ4v) is 2.05. The van der Waals surface area contributed by atoms with Gasteiger partial charge in [0, 0.05) is 5.92 Å². The minimum atomic E-state index is 0.840. The average molecular weight is 199 g/mol. The molecule has 0 aliphatic heterocycles. The molecule has 2 rings (SSSR count). The van der Waals surface area contributed by atoms with Gasteiger partial charge in [0.15, 0.2) is 0 Å². The van der Waals surface area contributed by atoms with Crippen LogP contribution in [0.1, 0.15) is 49.3 Å². The summed E-state index contributed by atoms with van der Waals surface area (Å²) in [5.41, 5.74) is 4.36. The first-order valence-corrected chi connectivity index (χ1v) is 5.85. The van der Waals surface area contributed by atoms with Crippen molar-refractivity contribution in [3.8, 4) is 0 Å². The highest BCUT2D eigenvalue weighted by Gasteiger charge is 2.24. The Morgan fingerprint density at radius 1 is 1.47 bits per heavy atom. The number of hydrogen-bond acceptors (Lipinski definition) is 0. The molecule has 1 saturated carbocycles. The second-order valence-electron chi connectivity index (χ2n) is 4.43. The van der Waals surface area contributed by atoms with Crippen molar-refractivity contribution in [1.82, 2.24) is 0 Å². The van der Waals surface area contributed by atoms with Crippen molar-refractivity contribution in [2.24, 2.45) is 0 Å². The Hall–Kier alpha value is -1.04. The maximum atomic E-state index is 3.87. The number of aryl methyl sites for hydroxylation is 1. The molecule has 0 unspecified atom stereocenters. The zero-order valence-corrected chi connectivity index (χ0v) is 9.72. The van der Waals surface area contributed by atoms with Gasteiger partial charge in [0.2, 0.25) is 0 Å². The van der Waals surface area contributed by atoms with Gasteiger partial charge in [-0.05, 0) is 41.9 Å². The number of hydrogen-bond donors (Lipinski definition) is 0. The van der Waals surface area contributed by atoms with E-state index in [4.69, 9.17) is 0 Å². The summed E-state index contributed by atoms with van der Waals surface area (Å²) in [5, 5.41) is 0. The lowest BCUT2D eigenvalue weighted by molar-refractivity contribution is 1.05. The standard InChI is InChI=1S/C15H19/c1-4-11(3)15-10-14(13-7-8-13)9-6-12(15)5-2/h4,6,9-10,13H,1,5,7-8H2,2-3H3. The molecular weight excluding hydrogens is 180 g/mol. The van der Waals surface area contributed by atoms with Crippen LogP contribution in [0.5, 0.6) is 0 Å². The first-order valence-electron chi connectivity index (χ1n) is 5.85.